The van der Waals surface area contributed by atoms with Crippen molar-refractivity contribution >= 4 is 9.84 Å². The van der Waals surface area contributed by atoms with Crippen LogP contribution in [0.15, 0.2) is 17.7 Å². The molecule has 0 saturated carbocycles. The summed E-state index contributed by atoms with van der Waals surface area (Å²) in [6, 6.07) is 0. The third kappa shape index (κ3) is 1.20. The lowest BCUT2D eigenvalue weighted by atomic mass is 10.4. The molecule has 14 heavy (non-hydrogen) atoms. The molecular weight excluding hydrogens is 208 g/mol. The van der Waals surface area contributed by atoms with Crippen LogP contribution in [0.3, 0.4) is 0 Å². The molecule has 8 heteroatoms. The maximum Gasteiger partial charge on any atom is 0.200 e. The van der Waals surface area contributed by atoms with E-state index >= 15 is 0 Å². The SMILES string of the molecule is CS(=O)(=O)c1ncn(O)c2ncnc1-2. The first kappa shape index (κ1) is 8.88. The minimum Gasteiger partial charge on any atom is -0.425 e. The Morgan fingerprint density at radius 1 is 1.36 bits per heavy atom. The molecule has 2 heterocycles. The topological polar surface area (TPSA) is 98.0 Å². The van der Waals surface area contributed by atoms with Gasteiger partial charge in [0.2, 0.25) is 0 Å². The molecule has 0 atom stereocenters. The highest BCUT2D eigenvalue weighted by molar-refractivity contribution is 7.90. The second-order valence-electron chi connectivity index (χ2n) is 2.71. The van der Waals surface area contributed by atoms with Crippen molar-refractivity contribution in [1.82, 2.24) is 19.7 Å². The fourth-order valence-electron chi connectivity index (χ4n) is 1.07. The van der Waals surface area contributed by atoms with Crippen molar-refractivity contribution in [1.29, 1.82) is 0 Å². The Bertz CT molecular complexity index is 546. The van der Waals surface area contributed by atoms with Gasteiger partial charge in [-0.25, -0.2) is 23.4 Å². The fourth-order valence-corrected chi connectivity index (χ4v) is 1.81. The van der Waals surface area contributed by atoms with Crippen LogP contribution in [-0.2, 0) is 9.84 Å². The zero-order chi connectivity index (χ0) is 10.3. The molecule has 1 N–H and O–H groups in total. The van der Waals surface area contributed by atoms with Crippen molar-refractivity contribution < 1.29 is 13.6 Å². The highest BCUT2D eigenvalue weighted by atomic mass is 32.2. The van der Waals surface area contributed by atoms with Crippen LogP contribution in [0.25, 0.3) is 11.5 Å². The van der Waals surface area contributed by atoms with Crippen LogP contribution in [0.4, 0.5) is 0 Å². The Balaban J connectivity index is 2.83. The molecule has 0 saturated heterocycles. The van der Waals surface area contributed by atoms with Crippen LogP contribution in [0.2, 0.25) is 0 Å². The Morgan fingerprint density at radius 2 is 2.07 bits per heavy atom. The third-order valence-electron chi connectivity index (χ3n) is 1.63. The molecule has 0 aromatic rings. The van der Waals surface area contributed by atoms with Crippen molar-refractivity contribution in [3.63, 3.8) is 0 Å². The zero-order valence-corrected chi connectivity index (χ0v) is 7.93. The minimum atomic E-state index is -3.45. The number of fused-ring (bicyclic) bond motifs is 1. The largest absolute Gasteiger partial charge is 0.425 e. The van der Waals surface area contributed by atoms with Crippen molar-refractivity contribution in [2.45, 2.75) is 5.03 Å². The number of nitrogens with zero attached hydrogens (tertiary/aromatic N) is 4. The summed E-state index contributed by atoms with van der Waals surface area (Å²) < 4.78 is 23.1. The smallest absolute Gasteiger partial charge is 0.200 e. The molecule has 0 aromatic heterocycles. The summed E-state index contributed by atoms with van der Waals surface area (Å²) in [5, 5.41) is 9.02. The molecule has 0 bridgehead atoms. The lowest BCUT2D eigenvalue weighted by Crippen LogP contribution is -2.09. The van der Waals surface area contributed by atoms with E-state index < -0.39 is 9.84 Å². The summed E-state index contributed by atoms with van der Waals surface area (Å²) in [7, 11) is -3.45. The van der Waals surface area contributed by atoms with E-state index in [0.29, 0.717) is 4.73 Å². The summed E-state index contributed by atoms with van der Waals surface area (Å²) in [5.74, 6) is 0.0698. The van der Waals surface area contributed by atoms with E-state index in [-0.39, 0.29) is 16.5 Å². The first-order chi connectivity index (χ1) is 6.50. The first-order valence-corrected chi connectivity index (χ1v) is 5.46. The Labute approximate surface area is 79.3 Å². The summed E-state index contributed by atoms with van der Waals surface area (Å²) in [6.45, 7) is 0. The fraction of sp³-hybridized carbons (Fsp3) is 0.167. The summed E-state index contributed by atoms with van der Waals surface area (Å²) in [4.78, 5) is 11.0. The van der Waals surface area contributed by atoms with Crippen molar-refractivity contribution in [2.24, 2.45) is 0 Å². The van der Waals surface area contributed by atoms with E-state index in [4.69, 9.17) is 0 Å². The molecule has 0 radical (unpaired) electrons. The molecule has 7 nitrogen and oxygen atoms in total. The monoisotopic (exact) mass is 214 g/mol. The van der Waals surface area contributed by atoms with Crippen molar-refractivity contribution in [3.8, 4) is 11.5 Å². The van der Waals surface area contributed by atoms with Crippen LogP contribution >= 0.6 is 0 Å². The van der Waals surface area contributed by atoms with Crippen molar-refractivity contribution in [3.05, 3.63) is 12.7 Å². The van der Waals surface area contributed by atoms with Crippen LogP contribution in [-0.4, -0.2) is 39.6 Å². The molecule has 0 fully saturated rings. The van der Waals surface area contributed by atoms with Crippen LogP contribution in [0.1, 0.15) is 0 Å². The lowest BCUT2D eigenvalue weighted by Gasteiger charge is -2.05. The number of imidazole rings is 1. The van der Waals surface area contributed by atoms with Gasteiger partial charge in [0.1, 0.15) is 18.3 Å². The Morgan fingerprint density at radius 3 is 2.71 bits per heavy atom. The highest BCUT2D eigenvalue weighted by Gasteiger charge is 2.23. The van der Waals surface area contributed by atoms with Gasteiger partial charge in [-0.15, -0.1) is 0 Å². The average Bonchev–Trinajstić information content (AvgIpc) is 2.50. The molecule has 0 aromatic carbocycles. The number of rotatable bonds is 1. The number of aromatic nitrogens is 4. The lowest BCUT2D eigenvalue weighted by molar-refractivity contribution is 0.181. The van der Waals surface area contributed by atoms with Gasteiger partial charge in [-0.1, -0.05) is 0 Å². The molecule has 2 aliphatic rings. The molecule has 0 spiro atoms. The third-order valence-corrected chi connectivity index (χ3v) is 2.64. The van der Waals surface area contributed by atoms with E-state index in [1.54, 1.807) is 0 Å². The standard InChI is InChI=1S/C6H6N4O3S/c1-14(12,13)6-4-5(8-2-7-4)10(11)3-9-6/h2-3,11H,1H3. The normalized spacial score (nSPS) is 12.1. The number of hydrogen-bond donors (Lipinski definition) is 1. The molecule has 0 unspecified atom stereocenters. The van der Waals surface area contributed by atoms with Gasteiger partial charge < -0.3 is 5.21 Å². The van der Waals surface area contributed by atoms with Crippen LogP contribution < -0.4 is 0 Å². The second-order valence-corrected chi connectivity index (χ2v) is 4.64. The van der Waals surface area contributed by atoms with Gasteiger partial charge in [0.15, 0.2) is 20.7 Å². The van der Waals surface area contributed by atoms with Crippen molar-refractivity contribution in [2.75, 3.05) is 6.26 Å². The van der Waals surface area contributed by atoms with Crippen LogP contribution in [0, 0.1) is 0 Å². The predicted octanol–water partition coefficient (Wildman–Crippen LogP) is -0.581. The molecule has 0 aliphatic carbocycles. The van der Waals surface area contributed by atoms with Gasteiger partial charge in [0.25, 0.3) is 0 Å². The molecule has 2 rings (SSSR count). The summed E-state index contributed by atoms with van der Waals surface area (Å²) in [6.07, 6.45) is 3.15. The van der Waals surface area contributed by atoms with Crippen LogP contribution in [0.5, 0.6) is 0 Å². The van der Waals surface area contributed by atoms with Gasteiger partial charge in [0.05, 0.1) is 0 Å². The molecule has 74 valence electrons. The first-order valence-electron chi connectivity index (χ1n) is 3.57. The Hall–Kier alpha value is -1.70. The van der Waals surface area contributed by atoms with Gasteiger partial charge in [-0.05, 0) is 0 Å². The predicted molar refractivity (Wildman–Crippen MR) is 44.7 cm³/mol. The second kappa shape index (κ2) is 2.64. The Kier molecular flexibility index (Phi) is 1.68. The van der Waals surface area contributed by atoms with Gasteiger partial charge >= 0.3 is 0 Å². The summed E-state index contributed by atoms with van der Waals surface area (Å²) in [5.41, 5.74) is 0.0671. The maximum atomic E-state index is 11.2. The van der Waals surface area contributed by atoms with E-state index in [2.05, 4.69) is 15.0 Å². The van der Waals surface area contributed by atoms with E-state index in [0.717, 1.165) is 18.9 Å². The minimum absolute atomic E-state index is 0.0671. The quantitative estimate of drug-likeness (QED) is 0.503. The average molecular weight is 214 g/mol. The van der Waals surface area contributed by atoms with E-state index in [1.807, 2.05) is 0 Å². The van der Waals surface area contributed by atoms with E-state index in [9.17, 15) is 13.6 Å². The highest BCUT2D eigenvalue weighted by Crippen LogP contribution is 2.21. The zero-order valence-electron chi connectivity index (χ0n) is 7.12. The van der Waals surface area contributed by atoms with Gasteiger partial charge in [-0.2, -0.15) is 4.73 Å². The number of sulfone groups is 1. The summed E-state index contributed by atoms with van der Waals surface area (Å²) >= 11 is 0. The van der Waals surface area contributed by atoms with Gasteiger partial charge in [0, 0.05) is 6.26 Å². The molecule has 0 amide bonds. The maximum absolute atomic E-state index is 11.2. The molecule has 2 aliphatic heterocycles. The van der Waals surface area contributed by atoms with E-state index in [1.165, 1.54) is 0 Å². The number of hydrogen-bond acceptors (Lipinski definition) is 6. The molecular formula is C6H6N4O3S. The van der Waals surface area contributed by atoms with Gasteiger partial charge in [-0.3, -0.25) is 0 Å².